The summed E-state index contributed by atoms with van der Waals surface area (Å²) in [6.07, 6.45) is 9.44. The van der Waals surface area contributed by atoms with E-state index in [-0.39, 0.29) is 5.91 Å². The lowest BCUT2D eigenvalue weighted by Crippen LogP contribution is -2.38. The van der Waals surface area contributed by atoms with Crippen molar-refractivity contribution in [2.45, 2.75) is 49.5 Å². The number of hydrogen-bond acceptors (Lipinski definition) is 3. The van der Waals surface area contributed by atoms with Crippen molar-refractivity contribution in [1.29, 1.82) is 0 Å². The summed E-state index contributed by atoms with van der Waals surface area (Å²) in [5.74, 6) is 0.103. The van der Waals surface area contributed by atoms with Crippen LogP contribution in [0.2, 0.25) is 0 Å². The molecule has 0 atom stereocenters. The van der Waals surface area contributed by atoms with Gasteiger partial charge >= 0.3 is 0 Å². The molecule has 1 saturated carbocycles. The second-order valence-corrected chi connectivity index (χ2v) is 6.22. The monoisotopic (exact) mass is 292 g/mol. The molecule has 20 heavy (non-hydrogen) atoms. The standard InChI is InChI=1S/C16H24N2OS/c1-20-15-10-8-13(9-11-15)17-12-16(19)18-14-6-4-2-3-5-7-14/h8-11,14,17H,2-7,12H2,1H3,(H,18,19). The van der Waals surface area contributed by atoms with Gasteiger partial charge in [-0.15, -0.1) is 11.8 Å². The van der Waals surface area contributed by atoms with E-state index in [4.69, 9.17) is 0 Å². The van der Waals surface area contributed by atoms with Crippen LogP contribution in [0.1, 0.15) is 38.5 Å². The maximum absolute atomic E-state index is 11.9. The van der Waals surface area contributed by atoms with E-state index in [1.807, 2.05) is 12.1 Å². The summed E-state index contributed by atoms with van der Waals surface area (Å²) in [5.41, 5.74) is 0.999. The molecule has 2 rings (SSSR count). The number of amides is 1. The predicted molar refractivity (Wildman–Crippen MR) is 86.3 cm³/mol. The first-order valence-electron chi connectivity index (χ1n) is 7.45. The smallest absolute Gasteiger partial charge is 0.239 e. The molecule has 0 bridgehead atoms. The first kappa shape index (κ1) is 15.2. The fourth-order valence-corrected chi connectivity index (χ4v) is 3.00. The Hall–Kier alpha value is -1.16. The number of nitrogens with one attached hydrogen (secondary N) is 2. The van der Waals surface area contributed by atoms with E-state index in [9.17, 15) is 4.79 Å². The van der Waals surface area contributed by atoms with Gasteiger partial charge in [0.05, 0.1) is 6.54 Å². The molecule has 0 radical (unpaired) electrons. The van der Waals surface area contributed by atoms with Gasteiger partial charge < -0.3 is 10.6 Å². The van der Waals surface area contributed by atoms with E-state index in [0.717, 1.165) is 18.5 Å². The number of rotatable bonds is 5. The Labute approximate surface area is 125 Å². The Bertz CT molecular complexity index is 411. The lowest BCUT2D eigenvalue weighted by Gasteiger charge is -2.16. The summed E-state index contributed by atoms with van der Waals surface area (Å²) in [4.78, 5) is 13.2. The maximum atomic E-state index is 11.9. The zero-order chi connectivity index (χ0) is 14.2. The average Bonchev–Trinajstić information content (AvgIpc) is 2.74. The van der Waals surface area contributed by atoms with Crippen LogP contribution in [0.5, 0.6) is 0 Å². The van der Waals surface area contributed by atoms with Crippen molar-refractivity contribution in [3.8, 4) is 0 Å². The normalized spacial score (nSPS) is 16.4. The van der Waals surface area contributed by atoms with Crippen molar-refractivity contribution in [3.05, 3.63) is 24.3 Å². The van der Waals surface area contributed by atoms with E-state index in [1.165, 1.54) is 30.6 Å². The van der Waals surface area contributed by atoms with Crippen LogP contribution in [0, 0.1) is 0 Å². The Morgan fingerprint density at radius 2 is 1.80 bits per heavy atom. The summed E-state index contributed by atoms with van der Waals surface area (Å²) in [6.45, 7) is 0.356. The van der Waals surface area contributed by atoms with E-state index in [0.29, 0.717) is 12.6 Å². The Kier molecular flexibility index (Phi) is 6.25. The van der Waals surface area contributed by atoms with Crippen LogP contribution in [0.15, 0.2) is 29.2 Å². The second kappa shape index (κ2) is 8.20. The molecule has 0 unspecified atom stereocenters. The molecule has 3 nitrogen and oxygen atoms in total. The van der Waals surface area contributed by atoms with Crippen molar-refractivity contribution >= 4 is 23.4 Å². The van der Waals surface area contributed by atoms with Gasteiger partial charge in [-0.3, -0.25) is 4.79 Å². The molecule has 1 fully saturated rings. The molecule has 1 aliphatic rings. The third-order valence-corrected chi connectivity index (χ3v) is 4.51. The van der Waals surface area contributed by atoms with Gasteiger partial charge in [-0.1, -0.05) is 25.7 Å². The van der Waals surface area contributed by atoms with E-state index >= 15 is 0 Å². The van der Waals surface area contributed by atoms with Crippen molar-refractivity contribution in [2.75, 3.05) is 18.1 Å². The molecule has 1 aromatic carbocycles. The van der Waals surface area contributed by atoms with Crippen LogP contribution < -0.4 is 10.6 Å². The molecule has 0 spiro atoms. The molecule has 4 heteroatoms. The van der Waals surface area contributed by atoms with Crippen LogP contribution in [0.25, 0.3) is 0 Å². The van der Waals surface area contributed by atoms with Gasteiger partial charge in [0.2, 0.25) is 5.91 Å². The van der Waals surface area contributed by atoms with Gasteiger partial charge in [-0.25, -0.2) is 0 Å². The molecule has 1 amide bonds. The van der Waals surface area contributed by atoms with E-state index in [1.54, 1.807) is 11.8 Å². The Morgan fingerprint density at radius 1 is 1.15 bits per heavy atom. The third-order valence-electron chi connectivity index (χ3n) is 3.76. The SMILES string of the molecule is CSc1ccc(NCC(=O)NC2CCCCCC2)cc1. The first-order valence-corrected chi connectivity index (χ1v) is 8.67. The van der Waals surface area contributed by atoms with Gasteiger partial charge in [0.15, 0.2) is 0 Å². The van der Waals surface area contributed by atoms with E-state index < -0.39 is 0 Å². The number of hydrogen-bond donors (Lipinski definition) is 2. The highest BCUT2D eigenvalue weighted by Gasteiger charge is 2.14. The van der Waals surface area contributed by atoms with Gasteiger partial charge in [0.25, 0.3) is 0 Å². The van der Waals surface area contributed by atoms with Crippen LogP contribution in [0.3, 0.4) is 0 Å². The molecule has 110 valence electrons. The quantitative estimate of drug-likeness (QED) is 0.643. The largest absolute Gasteiger partial charge is 0.376 e. The Morgan fingerprint density at radius 3 is 2.40 bits per heavy atom. The molecule has 0 saturated heterocycles. The summed E-state index contributed by atoms with van der Waals surface area (Å²) < 4.78 is 0. The third kappa shape index (κ3) is 5.08. The Balaban J connectivity index is 1.73. The zero-order valence-electron chi connectivity index (χ0n) is 12.2. The summed E-state index contributed by atoms with van der Waals surface area (Å²) in [5, 5.41) is 6.33. The van der Waals surface area contributed by atoms with Crippen LogP contribution in [-0.4, -0.2) is 24.7 Å². The van der Waals surface area contributed by atoms with Gasteiger partial charge in [0, 0.05) is 16.6 Å². The lowest BCUT2D eigenvalue weighted by molar-refractivity contribution is -0.120. The minimum absolute atomic E-state index is 0.103. The lowest BCUT2D eigenvalue weighted by atomic mass is 10.1. The summed E-state index contributed by atoms with van der Waals surface area (Å²) in [6, 6.07) is 8.55. The molecule has 0 aromatic heterocycles. The minimum Gasteiger partial charge on any atom is -0.376 e. The number of carbonyl (C=O) groups is 1. The second-order valence-electron chi connectivity index (χ2n) is 5.34. The van der Waals surface area contributed by atoms with Crippen molar-refractivity contribution in [2.24, 2.45) is 0 Å². The molecule has 0 heterocycles. The average molecular weight is 292 g/mol. The molecule has 1 aromatic rings. The first-order chi connectivity index (χ1) is 9.78. The van der Waals surface area contributed by atoms with Crippen LogP contribution in [0.4, 0.5) is 5.69 Å². The number of benzene rings is 1. The van der Waals surface area contributed by atoms with Crippen LogP contribution >= 0.6 is 11.8 Å². The number of thioether (sulfide) groups is 1. The molecular formula is C16H24N2OS. The molecule has 2 N–H and O–H groups in total. The number of carbonyl (C=O) groups excluding carboxylic acids is 1. The van der Waals surface area contributed by atoms with Crippen molar-refractivity contribution < 1.29 is 4.79 Å². The van der Waals surface area contributed by atoms with Gasteiger partial charge in [-0.05, 0) is 43.4 Å². The van der Waals surface area contributed by atoms with Crippen molar-refractivity contribution in [1.82, 2.24) is 5.32 Å². The zero-order valence-corrected chi connectivity index (χ0v) is 13.0. The molecule has 1 aliphatic carbocycles. The molecular weight excluding hydrogens is 268 g/mol. The fraction of sp³-hybridized carbons (Fsp3) is 0.562. The fourth-order valence-electron chi connectivity index (χ4n) is 2.59. The minimum atomic E-state index is 0.103. The molecule has 0 aliphatic heterocycles. The maximum Gasteiger partial charge on any atom is 0.239 e. The van der Waals surface area contributed by atoms with Gasteiger partial charge in [0.1, 0.15) is 0 Å². The van der Waals surface area contributed by atoms with Crippen molar-refractivity contribution in [3.63, 3.8) is 0 Å². The summed E-state index contributed by atoms with van der Waals surface area (Å²) >= 11 is 1.72. The number of anilines is 1. The summed E-state index contributed by atoms with van der Waals surface area (Å²) in [7, 11) is 0. The predicted octanol–water partition coefficient (Wildman–Crippen LogP) is 3.66. The van der Waals surface area contributed by atoms with Crippen LogP contribution in [-0.2, 0) is 4.79 Å². The van der Waals surface area contributed by atoms with E-state index in [2.05, 4.69) is 29.0 Å². The van der Waals surface area contributed by atoms with Gasteiger partial charge in [-0.2, -0.15) is 0 Å². The topological polar surface area (TPSA) is 41.1 Å². The highest BCUT2D eigenvalue weighted by molar-refractivity contribution is 7.98. The highest BCUT2D eigenvalue weighted by atomic mass is 32.2. The highest BCUT2D eigenvalue weighted by Crippen LogP contribution is 2.18.